The third-order valence-corrected chi connectivity index (χ3v) is 8.68. The largest absolute Gasteiger partial charge is 0.493 e. The van der Waals surface area contributed by atoms with Gasteiger partial charge in [-0.3, -0.25) is 4.57 Å². The van der Waals surface area contributed by atoms with Crippen LogP contribution < -0.4 is 0 Å². The molecule has 0 radical (unpaired) electrons. The van der Waals surface area contributed by atoms with Crippen LogP contribution in [0, 0.1) is 10.7 Å². The van der Waals surface area contributed by atoms with Gasteiger partial charge in [-0.05, 0) is 67.6 Å². The van der Waals surface area contributed by atoms with Gasteiger partial charge in [0, 0.05) is 33.5 Å². The zero-order chi connectivity index (χ0) is 20.4. The molecule has 3 aromatic rings. The molecular formula is C24H28BrN3OS. The van der Waals surface area contributed by atoms with E-state index in [2.05, 4.69) is 48.2 Å². The number of rotatable bonds is 2. The van der Waals surface area contributed by atoms with E-state index in [1.54, 1.807) is 0 Å². The highest BCUT2D eigenvalue weighted by atomic mass is 79.9. The Balaban J connectivity index is 1.58. The lowest BCUT2D eigenvalue weighted by molar-refractivity contribution is 0.265. The van der Waals surface area contributed by atoms with E-state index in [4.69, 9.17) is 12.2 Å². The second-order valence-electron chi connectivity index (χ2n) is 9.46. The van der Waals surface area contributed by atoms with Crippen molar-refractivity contribution in [3.05, 3.63) is 44.4 Å². The van der Waals surface area contributed by atoms with Crippen molar-refractivity contribution in [1.82, 2.24) is 14.1 Å². The molecule has 0 saturated heterocycles. The van der Waals surface area contributed by atoms with Crippen molar-refractivity contribution in [2.45, 2.75) is 76.3 Å². The maximum atomic E-state index is 11.4. The number of benzene rings is 1. The zero-order valence-electron chi connectivity index (χ0n) is 17.2. The fraction of sp³-hybridized carbons (Fsp3) is 0.542. The Morgan fingerprint density at radius 1 is 1.00 bits per heavy atom. The van der Waals surface area contributed by atoms with Crippen LogP contribution in [0.5, 0.6) is 5.88 Å². The summed E-state index contributed by atoms with van der Waals surface area (Å²) >= 11 is 9.71. The van der Waals surface area contributed by atoms with Gasteiger partial charge in [0.05, 0.1) is 11.7 Å². The molecule has 3 aliphatic rings. The standard InChI is InChI=1S/C24H28BrN3OS/c25-15-10-11-19-17(12-15)18-13-20-23(29)27(16-8-4-5-9-16)24(30)28(20)22(21(18)26-19)14-6-2-1-3-7-14/h10-12,14,16,22,26,29H,1-9,13H2. The summed E-state index contributed by atoms with van der Waals surface area (Å²) in [4.78, 5) is 3.78. The molecule has 2 fully saturated rings. The molecule has 3 heterocycles. The van der Waals surface area contributed by atoms with Crippen molar-refractivity contribution in [2.75, 3.05) is 0 Å². The van der Waals surface area contributed by atoms with Crippen LogP contribution in [0.4, 0.5) is 0 Å². The molecule has 2 saturated carbocycles. The molecule has 158 valence electrons. The van der Waals surface area contributed by atoms with E-state index in [9.17, 15) is 5.11 Å². The van der Waals surface area contributed by atoms with Crippen molar-refractivity contribution < 1.29 is 5.11 Å². The summed E-state index contributed by atoms with van der Waals surface area (Å²) in [6.07, 6.45) is 11.8. The molecule has 2 aromatic heterocycles. The van der Waals surface area contributed by atoms with E-state index < -0.39 is 0 Å². The minimum absolute atomic E-state index is 0.205. The molecule has 1 aromatic carbocycles. The van der Waals surface area contributed by atoms with Crippen LogP contribution in [-0.2, 0) is 6.42 Å². The highest BCUT2D eigenvalue weighted by Crippen LogP contribution is 2.48. The van der Waals surface area contributed by atoms with Gasteiger partial charge in [0.1, 0.15) is 0 Å². The first-order valence-corrected chi connectivity index (χ1v) is 12.7. The number of halogens is 1. The fourth-order valence-corrected chi connectivity index (χ4v) is 7.21. The van der Waals surface area contributed by atoms with E-state index in [1.807, 2.05) is 0 Å². The van der Waals surface area contributed by atoms with E-state index in [0.717, 1.165) is 34.2 Å². The number of H-pyrrole nitrogens is 1. The van der Waals surface area contributed by atoms with Crippen molar-refractivity contribution in [2.24, 2.45) is 5.92 Å². The number of aromatic hydroxyl groups is 1. The predicted molar refractivity (Wildman–Crippen MR) is 126 cm³/mol. The lowest BCUT2D eigenvalue weighted by Gasteiger charge is -2.35. The van der Waals surface area contributed by atoms with Gasteiger partial charge in [-0.1, -0.05) is 48.0 Å². The number of aromatic amines is 1. The van der Waals surface area contributed by atoms with E-state index in [-0.39, 0.29) is 6.04 Å². The Hall–Kier alpha value is -1.53. The Labute approximate surface area is 190 Å². The van der Waals surface area contributed by atoms with Gasteiger partial charge >= 0.3 is 0 Å². The number of nitrogens with zero attached hydrogens (tertiary/aromatic N) is 2. The SMILES string of the molecule is Oc1c2n(c(=S)n1C1CCCC1)C(C1CCCCC1)c1[nH]c3ccc(Br)cc3c1C2. The number of aromatic nitrogens is 3. The van der Waals surface area contributed by atoms with Gasteiger partial charge in [0.25, 0.3) is 0 Å². The first-order chi connectivity index (χ1) is 14.6. The summed E-state index contributed by atoms with van der Waals surface area (Å²) in [5.41, 5.74) is 4.87. The fourth-order valence-electron chi connectivity index (χ4n) is 6.39. The van der Waals surface area contributed by atoms with E-state index in [1.165, 1.54) is 67.1 Å². The van der Waals surface area contributed by atoms with Crippen LogP contribution in [0.25, 0.3) is 10.9 Å². The van der Waals surface area contributed by atoms with Crippen LogP contribution in [-0.4, -0.2) is 19.2 Å². The van der Waals surface area contributed by atoms with Gasteiger partial charge in [-0.15, -0.1) is 0 Å². The molecular weight excluding hydrogens is 458 g/mol. The van der Waals surface area contributed by atoms with Crippen molar-refractivity contribution in [1.29, 1.82) is 0 Å². The molecule has 2 N–H and O–H groups in total. The molecule has 0 spiro atoms. The van der Waals surface area contributed by atoms with Gasteiger partial charge in [0.2, 0.25) is 5.88 Å². The summed E-state index contributed by atoms with van der Waals surface area (Å²) in [5, 5.41) is 12.6. The molecule has 1 atom stereocenters. The van der Waals surface area contributed by atoms with Crippen LogP contribution in [0.3, 0.4) is 0 Å². The summed E-state index contributed by atoms with van der Waals surface area (Å²) in [6, 6.07) is 7.04. The van der Waals surface area contributed by atoms with Crippen molar-refractivity contribution >= 4 is 39.1 Å². The summed E-state index contributed by atoms with van der Waals surface area (Å²) in [5.74, 6) is 0.987. The predicted octanol–water partition coefficient (Wildman–Crippen LogP) is 7.16. The normalized spacial score (nSPS) is 22.5. The molecule has 30 heavy (non-hydrogen) atoms. The topological polar surface area (TPSA) is 45.9 Å². The molecule has 6 heteroatoms. The Morgan fingerprint density at radius 3 is 2.50 bits per heavy atom. The third kappa shape index (κ3) is 2.79. The van der Waals surface area contributed by atoms with Crippen LogP contribution in [0.2, 0.25) is 0 Å². The smallest absolute Gasteiger partial charge is 0.214 e. The summed E-state index contributed by atoms with van der Waals surface area (Å²) < 4.78 is 6.36. The minimum Gasteiger partial charge on any atom is -0.493 e. The highest BCUT2D eigenvalue weighted by Gasteiger charge is 2.39. The molecule has 0 bridgehead atoms. The van der Waals surface area contributed by atoms with Crippen molar-refractivity contribution in [3.8, 4) is 5.88 Å². The van der Waals surface area contributed by atoms with Crippen LogP contribution >= 0.6 is 28.1 Å². The summed E-state index contributed by atoms with van der Waals surface area (Å²) in [6.45, 7) is 0. The van der Waals surface area contributed by atoms with Crippen LogP contribution in [0.1, 0.15) is 86.8 Å². The number of fused-ring (bicyclic) bond motifs is 4. The number of imidazole rings is 1. The average Bonchev–Trinajstić information content (AvgIpc) is 3.45. The minimum atomic E-state index is 0.205. The second kappa shape index (κ2) is 7.27. The highest BCUT2D eigenvalue weighted by molar-refractivity contribution is 9.10. The summed E-state index contributed by atoms with van der Waals surface area (Å²) in [7, 11) is 0. The lowest BCUT2D eigenvalue weighted by atomic mass is 9.80. The lowest BCUT2D eigenvalue weighted by Crippen LogP contribution is -2.28. The van der Waals surface area contributed by atoms with E-state index >= 15 is 0 Å². The monoisotopic (exact) mass is 485 g/mol. The molecule has 1 unspecified atom stereocenters. The number of hydrogen-bond donors (Lipinski definition) is 2. The quantitative estimate of drug-likeness (QED) is 0.378. The van der Waals surface area contributed by atoms with Gasteiger partial charge in [-0.2, -0.15) is 0 Å². The maximum Gasteiger partial charge on any atom is 0.214 e. The Bertz CT molecular complexity index is 1180. The molecule has 0 amide bonds. The third-order valence-electron chi connectivity index (χ3n) is 7.79. The molecule has 6 rings (SSSR count). The first-order valence-electron chi connectivity index (χ1n) is 11.5. The Morgan fingerprint density at radius 2 is 1.73 bits per heavy atom. The second-order valence-corrected chi connectivity index (χ2v) is 10.7. The molecule has 2 aliphatic carbocycles. The van der Waals surface area contributed by atoms with Gasteiger partial charge in [0.15, 0.2) is 4.77 Å². The number of nitrogens with one attached hydrogen (secondary N) is 1. The zero-order valence-corrected chi connectivity index (χ0v) is 19.6. The van der Waals surface area contributed by atoms with Gasteiger partial charge < -0.3 is 14.7 Å². The Kier molecular flexibility index (Phi) is 4.64. The molecule has 4 nitrogen and oxygen atoms in total. The first kappa shape index (κ1) is 19.2. The van der Waals surface area contributed by atoms with Gasteiger partial charge in [-0.25, -0.2) is 0 Å². The van der Waals surface area contributed by atoms with Crippen LogP contribution in [0.15, 0.2) is 22.7 Å². The average molecular weight is 486 g/mol. The maximum absolute atomic E-state index is 11.4. The number of hydrogen-bond acceptors (Lipinski definition) is 2. The van der Waals surface area contributed by atoms with E-state index in [0.29, 0.717) is 17.8 Å². The molecule has 1 aliphatic heterocycles. The van der Waals surface area contributed by atoms with Crippen molar-refractivity contribution in [3.63, 3.8) is 0 Å².